The van der Waals surface area contributed by atoms with Crippen molar-refractivity contribution in [2.75, 3.05) is 11.9 Å². The summed E-state index contributed by atoms with van der Waals surface area (Å²) in [5.41, 5.74) is 3.62. The lowest BCUT2D eigenvalue weighted by Gasteiger charge is -2.30. The van der Waals surface area contributed by atoms with Gasteiger partial charge in [-0.3, -0.25) is 14.5 Å². The molecule has 10 heteroatoms. The Labute approximate surface area is 256 Å². The number of nitrogens with zero attached hydrogens (tertiary/aromatic N) is 5. The van der Waals surface area contributed by atoms with Crippen LogP contribution in [0.1, 0.15) is 50.9 Å². The second-order valence-corrected chi connectivity index (χ2v) is 11.9. The molecular formula is C34H36N6O4. The van der Waals surface area contributed by atoms with Gasteiger partial charge in [0.15, 0.2) is 0 Å². The molecule has 0 fully saturated rings. The summed E-state index contributed by atoms with van der Waals surface area (Å²) in [5.74, 6) is -0.725. The second-order valence-electron chi connectivity index (χ2n) is 11.9. The maximum Gasteiger partial charge on any atom is 0.410 e. The highest BCUT2D eigenvalue weighted by Crippen LogP contribution is 2.31. The molecule has 226 valence electrons. The Hall–Kier alpha value is -5.17. The van der Waals surface area contributed by atoms with E-state index in [4.69, 9.17) is 9.84 Å². The van der Waals surface area contributed by atoms with E-state index in [9.17, 15) is 19.6 Å². The number of likely N-dealkylation sites (N-methyl/N-ethyl adjacent to an activating group) is 1. The predicted molar refractivity (Wildman–Crippen MR) is 167 cm³/mol. The van der Waals surface area contributed by atoms with Gasteiger partial charge in [-0.15, -0.1) is 0 Å². The third kappa shape index (κ3) is 6.13. The fourth-order valence-electron chi connectivity index (χ4n) is 5.31. The van der Waals surface area contributed by atoms with Crippen LogP contribution in [0.25, 0.3) is 16.6 Å². The quantitative estimate of drug-likeness (QED) is 0.332. The van der Waals surface area contributed by atoms with Crippen LogP contribution in [-0.4, -0.2) is 57.3 Å². The Morgan fingerprint density at radius 3 is 2.45 bits per heavy atom. The average molecular weight is 593 g/mol. The number of aromatic nitrogens is 2. The minimum atomic E-state index is -0.864. The van der Waals surface area contributed by atoms with Crippen LogP contribution in [0, 0.1) is 11.3 Å². The first-order valence-corrected chi connectivity index (χ1v) is 14.6. The minimum Gasteiger partial charge on any atom is -0.444 e. The summed E-state index contributed by atoms with van der Waals surface area (Å²) in [6.07, 6.45) is 0.345. The minimum absolute atomic E-state index is 0.151. The van der Waals surface area contributed by atoms with Crippen LogP contribution < -0.4 is 10.2 Å². The lowest BCUT2D eigenvalue weighted by Crippen LogP contribution is -2.54. The first-order chi connectivity index (χ1) is 21.0. The van der Waals surface area contributed by atoms with Crippen LogP contribution in [0.15, 0.2) is 72.8 Å². The number of amides is 3. The normalized spacial score (nSPS) is 15.6. The lowest BCUT2D eigenvalue weighted by molar-refractivity contribution is -0.130. The predicted octanol–water partition coefficient (Wildman–Crippen LogP) is 5.12. The smallest absolute Gasteiger partial charge is 0.410 e. The van der Waals surface area contributed by atoms with Crippen LogP contribution in [0.4, 0.5) is 10.5 Å². The van der Waals surface area contributed by atoms with E-state index < -0.39 is 29.7 Å². The van der Waals surface area contributed by atoms with Crippen LogP contribution >= 0.6 is 0 Å². The number of benzene rings is 3. The average Bonchev–Trinajstić information content (AvgIpc) is 3.32. The molecule has 0 spiro atoms. The molecule has 0 bridgehead atoms. The first-order valence-electron chi connectivity index (χ1n) is 14.6. The van der Waals surface area contributed by atoms with E-state index >= 15 is 0 Å². The largest absolute Gasteiger partial charge is 0.444 e. The van der Waals surface area contributed by atoms with E-state index in [0.29, 0.717) is 29.8 Å². The van der Waals surface area contributed by atoms with Crippen LogP contribution in [0.2, 0.25) is 0 Å². The Morgan fingerprint density at radius 1 is 1.07 bits per heavy atom. The number of carbonyl (C=O) groups is 3. The van der Waals surface area contributed by atoms with E-state index in [0.717, 1.165) is 22.2 Å². The zero-order valence-electron chi connectivity index (χ0n) is 25.6. The number of rotatable bonds is 6. The number of hydrogen-bond acceptors (Lipinski definition) is 6. The molecule has 44 heavy (non-hydrogen) atoms. The molecule has 2 heterocycles. The number of nitrogens with one attached hydrogen (secondary N) is 1. The Morgan fingerprint density at radius 2 is 1.73 bits per heavy atom. The number of carbonyl (C=O) groups excluding carboxylic acids is 3. The summed E-state index contributed by atoms with van der Waals surface area (Å²) in [7, 11) is 1.50. The van der Waals surface area contributed by atoms with Crippen LogP contribution in [-0.2, 0) is 27.3 Å². The zero-order valence-corrected chi connectivity index (χ0v) is 25.6. The van der Waals surface area contributed by atoms with Gasteiger partial charge < -0.3 is 15.0 Å². The van der Waals surface area contributed by atoms with Crippen molar-refractivity contribution in [2.45, 2.75) is 64.8 Å². The van der Waals surface area contributed by atoms with Crippen molar-refractivity contribution in [3.8, 4) is 11.8 Å². The number of nitriles is 1. The molecule has 0 saturated carbocycles. The molecule has 1 aliphatic heterocycles. The van der Waals surface area contributed by atoms with Gasteiger partial charge in [0.1, 0.15) is 23.8 Å². The number of fused-ring (bicyclic) bond motifs is 2. The van der Waals surface area contributed by atoms with Gasteiger partial charge in [-0.2, -0.15) is 10.4 Å². The van der Waals surface area contributed by atoms with Crippen molar-refractivity contribution in [2.24, 2.45) is 0 Å². The van der Waals surface area contributed by atoms with Crippen molar-refractivity contribution in [1.82, 2.24) is 20.0 Å². The van der Waals surface area contributed by atoms with Gasteiger partial charge in [0.05, 0.1) is 29.0 Å². The molecule has 1 aromatic heterocycles. The first kappa shape index (κ1) is 30.3. The monoisotopic (exact) mass is 592 g/mol. The second kappa shape index (κ2) is 12.2. The van der Waals surface area contributed by atoms with Crippen molar-refractivity contribution in [3.63, 3.8) is 0 Å². The van der Waals surface area contributed by atoms with Gasteiger partial charge in [0.25, 0.3) is 0 Å². The highest BCUT2D eigenvalue weighted by atomic mass is 16.6. The molecule has 0 radical (unpaired) electrons. The molecule has 1 N–H and O–H groups in total. The van der Waals surface area contributed by atoms with Crippen LogP contribution in [0.3, 0.4) is 0 Å². The van der Waals surface area contributed by atoms with Gasteiger partial charge in [-0.25, -0.2) is 9.48 Å². The molecule has 0 aliphatic carbocycles. The van der Waals surface area contributed by atoms with E-state index in [2.05, 4.69) is 11.4 Å². The number of ether oxygens (including phenoxy) is 1. The SMILES string of the molecule is C[C@@H](C(=O)N[C@H]1CCc2ccccc2N(Cc2nn(-c3ccccc3C#N)c3ccccc23)C1=O)N(C)C(=O)OC(C)(C)C. The van der Waals surface area contributed by atoms with E-state index in [1.54, 1.807) is 43.3 Å². The maximum absolute atomic E-state index is 14.2. The number of aryl methyl sites for hydroxylation is 1. The Kier molecular flexibility index (Phi) is 8.41. The summed E-state index contributed by atoms with van der Waals surface area (Å²) < 4.78 is 7.16. The molecule has 5 rings (SSSR count). The van der Waals surface area contributed by atoms with Crippen molar-refractivity contribution < 1.29 is 19.1 Å². The highest BCUT2D eigenvalue weighted by molar-refractivity contribution is 6.01. The number of para-hydroxylation sites is 3. The van der Waals surface area contributed by atoms with Gasteiger partial charge in [0, 0.05) is 18.1 Å². The summed E-state index contributed by atoms with van der Waals surface area (Å²) in [6.45, 7) is 7.03. The standard InChI is InChI=1S/C34H36N6O4/c1-22(38(5)33(43)44-34(2,3)4)31(41)36-26-19-18-23-12-6-9-15-28(23)39(32(26)42)21-27-25-14-8-11-17-30(25)40(37-27)29-16-10-7-13-24(29)20-35/h6-17,22,26H,18-19,21H2,1-5H3,(H,36,41)/t22-,26-/m0/s1. The third-order valence-corrected chi connectivity index (χ3v) is 7.73. The Bertz CT molecular complexity index is 1770. The summed E-state index contributed by atoms with van der Waals surface area (Å²) >= 11 is 0. The van der Waals surface area contributed by atoms with E-state index in [1.165, 1.54) is 11.9 Å². The number of anilines is 1. The van der Waals surface area contributed by atoms with E-state index in [-0.39, 0.29) is 12.5 Å². The molecule has 0 unspecified atom stereocenters. The molecule has 4 aromatic rings. The third-order valence-electron chi connectivity index (χ3n) is 7.73. The molecule has 0 saturated heterocycles. The van der Waals surface area contributed by atoms with Gasteiger partial charge in [0.2, 0.25) is 11.8 Å². The molecule has 10 nitrogen and oxygen atoms in total. The lowest BCUT2D eigenvalue weighted by atomic mass is 10.1. The highest BCUT2D eigenvalue weighted by Gasteiger charge is 2.35. The molecular weight excluding hydrogens is 556 g/mol. The fraction of sp³-hybridized carbons (Fsp3) is 0.324. The topological polar surface area (TPSA) is 121 Å². The van der Waals surface area contributed by atoms with Gasteiger partial charge in [-0.05, 0) is 70.4 Å². The van der Waals surface area contributed by atoms with Crippen molar-refractivity contribution in [1.29, 1.82) is 5.26 Å². The molecule has 3 aromatic carbocycles. The van der Waals surface area contributed by atoms with E-state index in [1.807, 2.05) is 66.7 Å². The summed E-state index contributed by atoms with van der Waals surface area (Å²) in [6, 6.07) is 23.2. The van der Waals surface area contributed by atoms with Crippen molar-refractivity contribution >= 4 is 34.5 Å². The zero-order chi connectivity index (χ0) is 31.6. The van der Waals surface area contributed by atoms with Gasteiger partial charge >= 0.3 is 6.09 Å². The molecule has 1 aliphatic rings. The molecule has 2 atom stereocenters. The van der Waals surface area contributed by atoms with Gasteiger partial charge in [-0.1, -0.05) is 48.5 Å². The fourth-order valence-corrected chi connectivity index (χ4v) is 5.31. The summed E-state index contributed by atoms with van der Waals surface area (Å²) in [4.78, 5) is 43.0. The summed E-state index contributed by atoms with van der Waals surface area (Å²) in [5, 5.41) is 18.4. The molecule has 3 amide bonds. The Balaban J connectivity index is 1.46. The van der Waals surface area contributed by atoms with Crippen LogP contribution in [0.5, 0.6) is 0 Å². The van der Waals surface area contributed by atoms with Crippen molar-refractivity contribution in [3.05, 3.63) is 89.6 Å². The maximum atomic E-state index is 14.2. The number of hydrogen-bond donors (Lipinski definition) is 1.